The number of aromatic amines is 1. The van der Waals surface area contributed by atoms with Crippen LogP contribution in [-0.4, -0.2) is 74.7 Å². The van der Waals surface area contributed by atoms with E-state index < -0.39 is 11.6 Å². The van der Waals surface area contributed by atoms with Gasteiger partial charge in [0.1, 0.15) is 11.3 Å². The number of likely N-dealkylation sites (N-methyl/N-ethyl adjacent to an activating group) is 1. The van der Waals surface area contributed by atoms with Gasteiger partial charge in [0.05, 0.1) is 18.3 Å². The summed E-state index contributed by atoms with van der Waals surface area (Å²) in [6, 6.07) is 2.59. The molecule has 4 heterocycles. The first-order valence-corrected chi connectivity index (χ1v) is 12.2. The average Bonchev–Trinajstić information content (AvgIpc) is 3.49. The Hall–Kier alpha value is -3.34. The molecule has 0 atom stereocenters. The third-order valence-corrected chi connectivity index (χ3v) is 6.49. The molecule has 0 spiro atoms. The van der Waals surface area contributed by atoms with Gasteiger partial charge >= 0.3 is 0 Å². The molecule has 9 nitrogen and oxygen atoms in total. The highest BCUT2D eigenvalue weighted by Crippen LogP contribution is 2.42. The van der Waals surface area contributed by atoms with Gasteiger partial charge in [0.25, 0.3) is 0 Å². The van der Waals surface area contributed by atoms with Crippen LogP contribution in [0.3, 0.4) is 0 Å². The van der Waals surface area contributed by atoms with Gasteiger partial charge in [-0.3, -0.25) is 0 Å². The van der Waals surface area contributed by atoms with Crippen LogP contribution in [0.4, 0.5) is 20.7 Å². The van der Waals surface area contributed by atoms with Crippen molar-refractivity contribution in [3.8, 4) is 0 Å². The number of nitrogens with one attached hydrogen (secondary N) is 1. The van der Waals surface area contributed by atoms with Crippen LogP contribution in [-0.2, 0) is 6.54 Å². The Morgan fingerprint density at radius 3 is 2.51 bits per heavy atom. The highest BCUT2D eigenvalue weighted by Gasteiger charge is 2.30. The predicted molar refractivity (Wildman–Crippen MR) is 132 cm³/mol. The van der Waals surface area contributed by atoms with Gasteiger partial charge in [0, 0.05) is 38.8 Å². The van der Waals surface area contributed by atoms with Gasteiger partial charge in [-0.1, -0.05) is 13.8 Å². The average molecular weight is 484 g/mol. The molecule has 2 fully saturated rings. The van der Waals surface area contributed by atoms with Crippen molar-refractivity contribution in [3.63, 3.8) is 0 Å². The van der Waals surface area contributed by atoms with E-state index in [2.05, 4.69) is 31.9 Å². The smallest absolute Gasteiger partial charge is 0.232 e. The molecule has 11 heteroatoms. The third kappa shape index (κ3) is 4.40. The summed E-state index contributed by atoms with van der Waals surface area (Å²) in [5, 5.41) is 4.59. The minimum absolute atomic E-state index is 0.000492. The number of halogens is 2. The molecule has 0 amide bonds. The Morgan fingerprint density at radius 2 is 1.80 bits per heavy atom. The quantitative estimate of drug-likeness (QED) is 0.465. The van der Waals surface area contributed by atoms with Crippen LogP contribution in [0.1, 0.15) is 44.0 Å². The molecule has 1 aliphatic heterocycles. The maximum absolute atomic E-state index is 14.1. The summed E-state index contributed by atoms with van der Waals surface area (Å²) in [5.74, 6) is 0.488. The number of imidazole rings is 1. The van der Waals surface area contributed by atoms with Crippen LogP contribution < -0.4 is 9.80 Å². The Labute approximate surface area is 202 Å². The summed E-state index contributed by atoms with van der Waals surface area (Å²) >= 11 is 0. The van der Waals surface area contributed by atoms with E-state index in [0.717, 1.165) is 56.3 Å². The minimum atomic E-state index is -0.944. The SMILES string of the molecule is CC.CN1CCN(c2nc(N(C)Cc3nc4c(F)c(F)ccc4[nH]3)n3ncc(C4CC4)c3n2)CC1. The van der Waals surface area contributed by atoms with Gasteiger partial charge in [-0.15, -0.1) is 0 Å². The molecule has 0 radical (unpaired) electrons. The predicted octanol–water partition coefficient (Wildman–Crippen LogP) is 3.57. The maximum Gasteiger partial charge on any atom is 0.232 e. The van der Waals surface area contributed by atoms with Crippen LogP contribution >= 0.6 is 0 Å². The molecule has 3 aromatic heterocycles. The summed E-state index contributed by atoms with van der Waals surface area (Å²) in [6.45, 7) is 7.95. The van der Waals surface area contributed by atoms with E-state index in [4.69, 9.17) is 9.97 Å². The first-order chi connectivity index (χ1) is 17.0. The number of nitrogens with zero attached hydrogens (tertiary/aromatic N) is 8. The van der Waals surface area contributed by atoms with Gasteiger partial charge in [-0.2, -0.15) is 19.6 Å². The second-order valence-corrected chi connectivity index (χ2v) is 9.02. The third-order valence-electron chi connectivity index (χ3n) is 6.49. The van der Waals surface area contributed by atoms with Crippen molar-refractivity contribution in [1.29, 1.82) is 0 Å². The molecular weight excluding hydrogens is 452 g/mol. The van der Waals surface area contributed by atoms with E-state index in [1.54, 1.807) is 4.52 Å². The van der Waals surface area contributed by atoms with Crippen molar-refractivity contribution in [2.24, 2.45) is 0 Å². The highest BCUT2D eigenvalue weighted by molar-refractivity contribution is 5.75. The summed E-state index contributed by atoms with van der Waals surface area (Å²) in [4.78, 5) is 23.5. The Morgan fingerprint density at radius 1 is 1.06 bits per heavy atom. The number of hydrogen-bond donors (Lipinski definition) is 1. The number of H-pyrrole nitrogens is 1. The number of benzene rings is 1. The van der Waals surface area contributed by atoms with Gasteiger partial charge in [-0.05, 0) is 37.9 Å². The largest absolute Gasteiger partial charge is 0.340 e. The van der Waals surface area contributed by atoms with E-state index in [0.29, 0.717) is 35.7 Å². The van der Waals surface area contributed by atoms with Crippen molar-refractivity contribution >= 4 is 28.6 Å². The number of fused-ring (bicyclic) bond motifs is 2. The number of anilines is 2. The maximum atomic E-state index is 14.1. The molecule has 1 saturated heterocycles. The van der Waals surface area contributed by atoms with Crippen molar-refractivity contribution in [3.05, 3.63) is 41.4 Å². The lowest BCUT2D eigenvalue weighted by molar-refractivity contribution is 0.311. The van der Waals surface area contributed by atoms with Crippen molar-refractivity contribution in [1.82, 2.24) is 34.4 Å². The Kier molecular flexibility index (Phi) is 6.26. The fourth-order valence-electron chi connectivity index (χ4n) is 4.39. The standard InChI is InChI=1S/C22H25F2N9.C2H6/c1-30-7-9-32(10-8-30)21-28-20-14(13-3-4-13)11-25-33(20)22(29-21)31(2)12-17-26-16-6-5-15(23)18(24)19(16)27-17;1-2/h5-6,11,13H,3-4,7-10,12H2,1-2H3,(H,26,27);1-2H3. The first-order valence-electron chi connectivity index (χ1n) is 12.2. The van der Waals surface area contributed by atoms with Crippen LogP contribution in [0, 0.1) is 11.6 Å². The fraction of sp³-hybridized carbons (Fsp3) is 0.500. The van der Waals surface area contributed by atoms with Crippen molar-refractivity contribution in [2.75, 3.05) is 50.1 Å². The molecule has 4 aromatic rings. The molecular formula is C24H31F2N9. The van der Waals surface area contributed by atoms with Gasteiger partial charge in [-0.25, -0.2) is 13.8 Å². The van der Waals surface area contributed by atoms with Crippen molar-refractivity contribution < 1.29 is 8.78 Å². The van der Waals surface area contributed by atoms with Crippen LogP contribution in [0.5, 0.6) is 0 Å². The Balaban J connectivity index is 0.00000124. The molecule has 2 aliphatic rings. The van der Waals surface area contributed by atoms with Crippen LogP contribution in [0.15, 0.2) is 18.3 Å². The molecule has 35 heavy (non-hydrogen) atoms. The fourth-order valence-corrected chi connectivity index (χ4v) is 4.39. The highest BCUT2D eigenvalue weighted by atomic mass is 19.2. The van der Waals surface area contributed by atoms with E-state index in [1.165, 1.54) is 6.07 Å². The normalized spacial score (nSPS) is 16.6. The van der Waals surface area contributed by atoms with E-state index in [1.807, 2.05) is 32.0 Å². The molecule has 0 bridgehead atoms. The lowest BCUT2D eigenvalue weighted by Crippen LogP contribution is -2.45. The van der Waals surface area contributed by atoms with E-state index >= 15 is 0 Å². The molecule has 1 aliphatic carbocycles. The molecule has 1 saturated carbocycles. The lowest BCUT2D eigenvalue weighted by atomic mass is 10.2. The van der Waals surface area contributed by atoms with E-state index in [-0.39, 0.29) is 5.52 Å². The molecule has 1 N–H and O–H groups in total. The second-order valence-electron chi connectivity index (χ2n) is 9.02. The number of hydrogen-bond acceptors (Lipinski definition) is 7. The topological polar surface area (TPSA) is 81.5 Å². The zero-order chi connectivity index (χ0) is 24.7. The summed E-state index contributed by atoms with van der Waals surface area (Å²) < 4.78 is 29.5. The van der Waals surface area contributed by atoms with Gasteiger partial charge < -0.3 is 19.7 Å². The number of rotatable bonds is 5. The minimum Gasteiger partial charge on any atom is -0.340 e. The number of aromatic nitrogens is 6. The zero-order valence-electron chi connectivity index (χ0n) is 20.6. The summed E-state index contributed by atoms with van der Waals surface area (Å²) in [5.41, 5.74) is 2.45. The van der Waals surface area contributed by atoms with Crippen molar-refractivity contribution in [2.45, 2.75) is 39.2 Å². The monoisotopic (exact) mass is 483 g/mol. The second kappa shape index (κ2) is 9.37. The van der Waals surface area contributed by atoms with Crippen LogP contribution in [0.25, 0.3) is 16.7 Å². The van der Waals surface area contributed by atoms with Gasteiger partial charge in [0.15, 0.2) is 17.3 Å². The first kappa shape index (κ1) is 23.4. The summed E-state index contributed by atoms with van der Waals surface area (Å²) in [7, 11) is 4.00. The number of piperazine rings is 1. The molecule has 186 valence electrons. The Bertz CT molecular complexity index is 1340. The summed E-state index contributed by atoms with van der Waals surface area (Å²) in [6.07, 6.45) is 4.20. The van der Waals surface area contributed by atoms with Crippen LogP contribution in [0.2, 0.25) is 0 Å². The van der Waals surface area contributed by atoms with E-state index in [9.17, 15) is 8.78 Å². The lowest BCUT2D eigenvalue weighted by Gasteiger charge is -2.32. The molecule has 0 unspecified atom stereocenters. The van der Waals surface area contributed by atoms with Gasteiger partial charge in [0.2, 0.25) is 11.9 Å². The molecule has 1 aromatic carbocycles. The zero-order valence-corrected chi connectivity index (χ0v) is 20.6. The molecule has 6 rings (SSSR count).